The summed E-state index contributed by atoms with van der Waals surface area (Å²) in [5.41, 5.74) is 1.08. The number of rotatable bonds is 6. The lowest BCUT2D eigenvalue weighted by Crippen LogP contribution is -2.14. The topological polar surface area (TPSA) is 96.0 Å². The fourth-order valence-electron chi connectivity index (χ4n) is 1.87. The third-order valence-electron chi connectivity index (χ3n) is 3.01. The van der Waals surface area contributed by atoms with E-state index in [2.05, 4.69) is 5.32 Å². The smallest absolute Gasteiger partial charge is 0.304 e. The van der Waals surface area contributed by atoms with Crippen LogP contribution in [0.1, 0.15) is 11.1 Å². The Balaban J connectivity index is 1.84. The molecule has 0 bridgehead atoms. The molecule has 6 nitrogen and oxygen atoms in total. The Morgan fingerprint density at radius 3 is 2.58 bits per heavy atom. The zero-order valence-electron chi connectivity index (χ0n) is 12.4. The molecule has 0 spiro atoms. The van der Waals surface area contributed by atoms with Gasteiger partial charge in [-0.15, -0.1) is 11.8 Å². The molecular weight excluding hydrogens is 333 g/mol. The van der Waals surface area contributed by atoms with E-state index >= 15 is 0 Å². The molecule has 0 aliphatic rings. The summed E-state index contributed by atoms with van der Waals surface area (Å²) in [5, 5.41) is 21.7. The van der Waals surface area contributed by atoms with Gasteiger partial charge in [0.2, 0.25) is 11.7 Å². The Bertz CT molecular complexity index is 803. The van der Waals surface area contributed by atoms with E-state index < -0.39 is 16.4 Å². The monoisotopic (exact) mass is 345 g/mol. The molecular formula is C16H12FN3O3S. The molecule has 0 atom stereocenters. The summed E-state index contributed by atoms with van der Waals surface area (Å²) >= 11 is 1.36. The van der Waals surface area contributed by atoms with E-state index in [0.29, 0.717) is 11.3 Å². The van der Waals surface area contributed by atoms with Crippen LogP contribution in [0.5, 0.6) is 0 Å². The van der Waals surface area contributed by atoms with E-state index in [4.69, 9.17) is 5.26 Å². The molecule has 0 unspecified atom stereocenters. The molecule has 1 amide bonds. The Hall–Kier alpha value is -2.92. The van der Waals surface area contributed by atoms with Crippen molar-refractivity contribution in [2.45, 2.75) is 5.75 Å². The number of anilines is 1. The van der Waals surface area contributed by atoms with Gasteiger partial charge in [-0.1, -0.05) is 12.1 Å². The predicted octanol–water partition coefficient (Wildman–Crippen LogP) is 3.48. The highest BCUT2D eigenvalue weighted by Crippen LogP contribution is 2.21. The summed E-state index contributed by atoms with van der Waals surface area (Å²) < 4.78 is 13.5. The number of nitrogens with one attached hydrogen (secondary N) is 1. The number of halogens is 1. The van der Waals surface area contributed by atoms with Crippen molar-refractivity contribution < 1.29 is 14.1 Å². The van der Waals surface area contributed by atoms with Crippen molar-refractivity contribution in [3.05, 3.63) is 69.5 Å². The summed E-state index contributed by atoms with van der Waals surface area (Å²) in [4.78, 5) is 21.5. The quantitative estimate of drug-likeness (QED) is 0.639. The number of nitriles is 1. The summed E-state index contributed by atoms with van der Waals surface area (Å²) in [6.45, 7) is 0. The fourth-order valence-corrected chi connectivity index (χ4v) is 2.65. The van der Waals surface area contributed by atoms with E-state index in [9.17, 15) is 19.3 Å². The molecule has 8 heteroatoms. The van der Waals surface area contributed by atoms with Crippen LogP contribution in [0.2, 0.25) is 0 Å². The van der Waals surface area contributed by atoms with Gasteiger partial charge in [0.15, 0.2) is 0 Å². The van der Waals surface area contributed by atoms with Gasteiger partial charge >= 0.3 is 5.69 Å². The van der Waals surface area contributed by atoms with Gasteiger partial charge < -0.3 is 5.32 Å². The first-order valence-corrected chi connectivity index (χ1v) is 7.95. The maximum atomic E-state index is 13.5. The van der Waals surface area contributed by atoms with Crippen molar-refractivity contribution in [3.8, 4) is 6.07 Å². The van der Waals surface area contributed by atoms with Crippen LogP contribution in [0, 0.1) is 27.3 Å². The first-order chi connectivity index (χ1) is 11.5. The number of carbonyl (C=O) groups excluding carboxylic acids is 1. The maximum absolute atomic E-state index is 13.5. The minimum absolute atomic E-state index is 0.151. The fraction of sp³-hybridized carbons (Fsp3) is 0.125. The first kappa shape index (κ1) is 17.4. The van der Waals surface area contributed by atoms with Crippen molar-refractivity contribution in [1.29, 1.82) is 5.26 Å². The Morgan fingerprint density at radius 2 is 2.00 bits per heavy atom. The van der Waals surface area contributed by atoms with Gasteiger partial charge in [-0.25, -0.2) is 0 Å². The molecule has 122 valence electrons. The number of hydrogen-bond acceptors (Lipinski definition) is 5. The van der Waals surface area contributed by atoms with Crippen LogP contribution in [0.15, 0.2) is 42.5 Å². The average molecular weight is 345 g/mol. The lowest BCUT2D eigenvalue weighted by molar-refractivity contribution is -0.387. The molecule has 0 aliphatic heterocycles. The molecule has 2 aromatic carbocycles. The van der Waals surface area contributed by atoms with Gasteiger partial charge in [0, 0.05) is 23.6 Å². The van der Waals surface area contributed by atoms with Crippen molar-refractivity contribution in [1.82, 2.24) is 0 Å². The van der Waals surface area contributed by atoms with Crippen LogP contribution in [0.3, 0.4) is 0 Å². The average Bonchev–Trinajstić information content (AvgIpc) is 2.55. The lowest BCUT2D eigenvalue weighted by Gasteiger charge is -2.06. The Morgan fingerprint density at radius 1 is 1.29 bits per heavy atom. The molecule has 1 N–H and O–H groups in total. The van der Waals surface area contributed by atoms with E-state index in [-0.39, 0.29) is 17.3 Å². The SMILES string of the molecule is N#Cc1ccc(CSCC(=O)Nc2ccc([N+](=O)[O-])c(F)c2)cc1. The van der Waals surface area contributed by atoms with Gasteiger partial charge in [0.1, 0.15) is 0 Å². The largest absolute Gasteiger partial charge is 0.325 e. The third kappa shape index (κ3) is 4.79. The van der Waals surface area contributed by atoms with Crippen LogP contribution < -0.4 is 5.32 Å². The third-order valence-corrected chi connectivity index (χ3v) is 4.02. The number of amides is 1. The maximum Gasteiger partial charge on any atom is 0.304 e. The van der Waals surface area contributed by atoms with Gasteiger partial charge in [0.05, 0.1) is 22.3 Å². The second-order valence-corrected chi connectivity index (χ2v) is 5.76. The second kappa shape index (κ2) is 8.08. The second-order valence-electron chi connectivity index (χ2n) is 4.77. The number of benzene rings is 2. The lowest BCUT2D eigenvalue weighted by atomic mass is 10.2. The molecule has 2 aromatic rings. The molecule has 0 heterocycles. The molecule has 24 heavy (non-hydrogen) atoms. The van der Waals surface area contributed by atoms with E-state index in [1.807, 2.05) is 18.2 Å². The zero-order valence-corrected chi connectivity index (χ0v) is 13.2. The summed E-state index contributed by atoms with van der Waals surface area (Å²) in [6, 6.07) is 12.3. The summed E-state index contributed by atoms with van der Waals surface area (Å²) in [7, 11) is 0. The van der Waals surface area contributed by atoms with E-state index in [1.165, 1.54) is 17.8 Å². The number of thioether (sulfide) groups is 1. The van der Waals surface area contributed by atoms with Crippen LogP contribution in [-0.2, 0) is 10.5 Å². The summed E-state index contributed by atoms with van der Waals surface area (Å²) in [6.07, 6.45) is 0. The van der Waals surface area contributed by atoms with Crippen molar-refractivity contribution in [3.63, 3.8) is 0 Å². The number of nitro benzene ring substituents is 1. The van der Waals surface area contributed by atoms with Gasteiger partial charge in [-0.3, -0.25) is 14.9 Å². The van der Waals surface area contributed by atoms with Gasteiger partial charge in [-0.2, -0.15) is 9.65 Å². The van der Waals surface area contributed by atoms with Gasteiger partial charge in [-0.05, 0) is 23.8 Å². The summed E-state index contributed by atoms with van der Waals surface area (Å²) in [5.74, 6) is -0.586. The standard InChI is InChI=1S/C16H12FN3O3S/c17-14-7-13(5-6-15(14)20(22)23)19-16(21)10-24-9-12-3-1-11(8-18)2-4-12/h1-7H,9-10H2,(H,19,21). The zero-order chi connectivity index (χ0) is 17.5. The molecule has 2 rings (SSSR count). The van der Waals surface area contributed by atoms with E-state index in [1.54, 1.807) is 12.1 Å². The Labute approximate surface area is 141 Å². The predicted molar refractivity (Wildman–Crippen MR) is 89.0 cm³/mol. The molecule has 0 radical (unpaired) electrons. The highest BCUT2D eigenvalue weighted by Gasteiger charge is 2.14. The van der Waals surface area contributed by atoms with E-state index in [0.717, 1.165) is 17.7 Å². The minimum atomic E-state index is -0.997. The van der Waals surface area contributed by atoms with Gasteiger partial charge in [0.25, 0.3) is 0 Å². The van der Waals surface area contributed by atoms with Crippen molar-refractivity contribution >= 4 is 29.0 Å². The van der Waals surface area contributed by atoms with Crippen LogP contribution in [-0.4, -0.2) is 16.6 Å². The van der Waals surface area contributed by atoms with Crippen molar-refractivity contribution in [2.75, 3.05) is 11.1 Å². The Kier molecular flexibility index (Phi) is 5.87. The van der Waals surface area contributed by atoms with Crippen molar-refractivity contribution in [2.24, 2.45) is 0 Å². The van der Waals surface area contributed by atoms with Crippen LogP contribution >= 0.6 is 11.8 Å². The number of hydrogen-bond donors (Lipinski definition) is 1. The molecule has 0 saturated heterocycles. The normalized spacial score (nSPS) is 10.0. The van der Waals surface area contributed by atoms with Crippen LogP contribution in [0.25, 0.3) is 0 Å². The number of carbonyl (C=O) groups is 1. The first-order valence-electron chi connectivity index (χ1n) is 6.80. The molecule has 0 aromatic heterocycles. The molecule has 0 fully saturated rings. The number of nitrogens with zero attached hydrogens (tertiary/aromatic N) is 2. The molecule has 0 saturated carbocycles. The molecule has 0 aliphatic carbocycles. The highest BCUT2D eigenvalue weighted by atomic mass is 32.2. The number of nitro groups is 1. The highest BCUT2D eigenvalue weighted by molar-refractivity contribution is 7.99. The minimum Gasteiger partial charge on any atom is -0.325 e. The van der Waals surface area contributed by atoms with Crippen LogP contribution in [0.4, 0.5) is 15.8 Å².